The van der Waals surface area contributed by atoms with E-state index in [0.29, 0.717) is 0 Å². The van der Waals surface area contributed by atoms with E-state index < -0.39 is 0 Å². The van der Waals surface area contributed by atoms with E-state index in [-0.39, 0.29) is 0 Å². The van der Waals surface area contributed by atoms with Crippen LogP contribution in [0.4, 0.5) is 0 Å². The maximum Gasteiger partial charge on any atom is 0.0780 e. The van der Waals surface area contributed by atoms with Crippen LogP contribution in [0.25, 0.3) is 55.1 Å². The predicted molar refractivity (Wildman–Crippen MR) is 136 cm³/mol. The minimum atomic E-state index is 1.02. The van der Waals surface area contributed by atoms with Crippen LogP contribution in [0.15, 0.2) is 128 Å². The molecule has 0 aliphatic heterocycles. The minimum Gasteiger partial charge on any atom is -0.256 e. The molecule has 1 nitrogen and oxygen atoms in total. The molecule has 1 heterocycles. The molecule has 150 valence electrons. The molecule has 0 amide bonds. The van der Waals surface area contributed by atoms with Gasteiger partial charge in [-0.2, -0.15) is 0 Å². The predicted octanol–water partition coefficient (Wildman–Crippen LogP) is 8.39. The topological polar surface area (TPSA) is 12.9 Å². The van der Waals surface area contributed by atoms with Crippen molar-refractivity contribution in [2.75, 3.05) is 0 Å². The lowest BCUT2D eigenvalue weighted by molar-refractivity contribution is 1.36. The third-order valence-corrected chi connectivity index (χ3v) is 6.13. The van der Waals surface area contributed by atoms with Gasteiger partial charge in [0, 0.05) is 17.1 Å². The Labute approximate surface area is 187 Å². The number of nitrogens with zero attached hydrogens (tertiary/aromatic N) is 1. The maximum atomic E-state index is 4.82. The highest BCUT2D eigenvalue weighted by molar-refractivity contribution is 6.11. The fraction of sp³-hybridized carbons (Fsp3) is 0. The molecule has 1 aromatic heterocycles. The Kier molecular flexibility index (Phi) is 4.51. The molecule has 1 heteroatoms. The summed E-state index contributed by atoms with van der Waals surface area (Å²) < 4.78 is 0. The Hall–Kier alpha value is -4.23. The van der Waals surface area contributed by atoms with Gasteiger partial charge in [-0.25, -0.2) is 0 Å². The molecule has 0 aliphatic rings. The van der Waals surface area contributed by atoms with E-state index in [2.05, 4.69) is 121 Å². The molecule has 5 aromatic carbocycles. The molecule has 0 radical (unpaired) electrons. The van der Waals surface area contributed by atoms with Crippen molar-refractivity contribution in [3.63, 3.8) is 0 Å². The van der Waals surface area contributed by atoms with E-state index in [1.807, 2.05) is 6.20 Å². The zero-order chi connectivity index (χ0) is 21.3. The quantitative estimate of drug-likeness (QED) is 0.268. The third kappa shape index (κ3) is 3.16. The van der Waals surface area contributed by atoms with Crippen molar-refractivity contribution in [2.24, 2.45) is 0 Å². The summed E-state index contributed by atoms with van der Waals surface area (Å²) in [7, 11) is 0. The van der Waals surface area contributed by atoms with E-state index in [0.717, 1.165) is 11.3 Å². The van der Waals surface area contributed by atoms with Crippen molar-refractivity contribution < 1.29 is 0 Å². The molecular weight excluding hydrogens is 386 g/mol. The van der Waals surface area contributed by atoms with Crippen LogP contribution in [0.1, 0.15) is 0 Å². The van der Waals surface area contributed by atoms with E-state index in [1.165, 1.54) is 43.8 Å². The second-order valence-electron chi connectivity index (χ2n) is 8.03. The van der Waals surface area contributed by atoms with Gasteiger partial charge in [-0.3, -0.25) is 4.98 Å². The van der Waals surface area contributed by atoms with Crippen LogP contribution < -0.4 is 0 Å². The van der Waals surface area contributed by atoms with Crippen LogP contribution in [0, 0.1) is 0 Å². The SMILES string of the molecule is c1ccc(-c2ccc(-c3nccc4c3ccc3ccccc34)cc2-c2ccccc2)cc1. The summed E-state index contributed by atoms with van der Waals surface area (Å²) in [6, 6.07) is 43.0. The van der Waals surface area contributed by atoms with E-state index in [1.54, 1.807) is 0 Å². The van der Waals surface area contributed by atoms with Crippen molar-refractivity contribution in [1.29, 1.82) is 0 Å². The molecule has 6 rings (SSSR count). The first-order valence-electron chi connectivity index (χ1n) is 10.9. The number of benzene rings is 5. The number of hydrogen-bond acceptors (Lipinski definition) is 1. The number of aromatic nitrogens is 1. The second kappa shape index (κ2) is 7.79. The van der Waals surface area contributed by atoms with E-state index >= 15 is 0 Å². The Balaban J connectivity index is 1.60. The van der Waals surface area contributed by atoms with Crippen molar-refractivity contribution in [1.82, 2.24) is 4.98 Å². The van der Waals surface area contributed by atoms with E-state index in [4.69, 9.17) is 4.98 Å². The van der Waals surface area contributed by atoms with Crippen LogP contribution in [-0.2, 0) is 0 Å². The van der Waals surface area contributed by atoms with Gasteiger partial charge in [0.2, 0.25) is 0 Å². The van der Waals surface area contributed by atoms with Gasteiger partial charge >= 0.3 is 0 Å². The summed E-state index contributed by atoms with van der Waals surface area (Å²) >= 11 is 0. The van der Waals surface area contributed by atoms with Gasteiger partial charge in [0.15, 0.2) is 0 Å². The molecular formula is C31H21N. The lowest BCUT2D eigenvalue weighted by Crippen LogP contribution is -1.91. The van der Waals surface area contributed by atoms with Gasteiger partial charge in [-0.05, 0) is 50.5 Å². The summed E-state index contributed by atoms with van der Waals surface area (Å²) in [4.78, 5) is 4.82. The van der Waals surface area contributed by atoms with E-state index in [9.17, 15) is 0 Å². The Morgan fingerprint density at radius 2 is 1.09 bits per heavy atom. The first kappa shape index (κ1) is 18.5. The lowest BCUT2D eigenvalue weighted by Gasteiger charge is -2.14. The van der Waals surface area contributed by atoms with Crippen LogP contribution in [0.5, 0.6) is 0 Å². The van der Waals surface area contributed by atoms with Crippen LogP contribution in [0.3, 0.4) is 0 Å². The molecule has 0 atom stereocenters. The largest absolute Gasteiger partial charge is 0.256 e. The summed E-state index contributed by atoms with van der Waals surface area (Å²) in [6.45, 7) is 0. The zero-order valence-electron chi connectivity index (χ0n) is 17.6. The maximum absolute atomic E-state index is 4.82. The van der Waals surface area contributed by atoms with Crippen molar-refractivity contribution in [3.8, 4) is 33.5 Å². The fourth-order valence-electron chi connectivity index (χ4n) is 4.59. The van der Waals surface area contributed by atoms with Crippen LogP contribution >= 0.6 is 0 Å². The summed E-state index contributed by atoms with van der Waals surface area (Å²) in [5.74, 6) is 0. The fourth-order valence-corrected chi connectivity index (χ4v) is 4.59. The van der Waals surface area contributed by atoms with Gasteiger partial charge in [-0.15, -0.1) is 0 Å². The monoisotopic (exact) mass is 407 g/mol. The standard InChI is InChI=1S/C31H21N/c1-3-9-22(10-4-1)27-17-16-25(21-30(27)23-11-5-2-6-12-23)31-29-18-15-24-13-7-8-14-26(24)28(29)19-20-32-31/h1-21H. The first-order valence-corrected chi connectivity index (χ1v) is 10.9. The van der Waals surface area contributed by atoms with Crippen molar-refractivity contribution >= 4 is 21.5 Å². The van der Waals surface area contributed by atoms with Crippen LogP contribution in [-0.4, -0.2) is 4.98 Å². The van der Waals surface area contributed by atoms with Crippen molar-refractivity contribution in [3.05, 3.63) is 128 Å². The normalized spacial score (nSPS) is 11.1. The molecule has 0 unspecified atom stereocenters. The Morgan fingerprint density at radius 1 is 0.406 bits per heavy atom. The van der Waals surface area contributed by atoms with Gasteiger partial charge < -0.3 is 0 Å². The average Bonchev–Trinajstić information content (AvgIpc) is 2.89. The molecule has 0 aliphatic carbocycles. The first-order chi connectivity index (χ1) is 15.9. The van der Waals surface area contributed by atoms with Gasteiger partial charge in [-0.1, -0.05) is 109 Å². The highest BCUT2D eigenvalue weighted by Crippen LogP contribution is 2.37. The van der Waals surface area contributed by atoms with Gasteiger partial charge in [0.1, 0.15) is 0 Å². The molecule has 0 bridgehead atoms. The summed E-state index contributed by atoms with van der Waals surface area (Å²) in [5.41, 5.74) is 7.02. The molecule has 0 saturated heterocycles. The molecule has 0 spiro atoms. The minimum absolute atomic E-state index is 1.02. The molecule has 0 N–H and O–H groups in total. The summed E-state index contributed by atoms with van der Waals surface area (Å²) in [6.07, 6.45) is 1.93. The van der Waals surface area contributed by atoms with Gasteiger partial charge in [0.05, 0.1) is 5.69 Å². The highest BCUT2D eigenvalue weighted by Gasteiger charge is 2.13. The zero-order valence-corrected chi connectivity index (χ0v) is 17.6. The number of rotatable bonds is 3. The molecule has 0 saturated carbocycles. The average molecular weight is 408 g/mol. The van der Waals surface area contributed by atoms with Crippen molar-refractivity contribution in [2.45, 2.75) is 0 Å². The second-order valence-corrected chi connectivity index (χ2v) is 8.03. The lowest BCUT2D eigenvalue weighted by atomic mass is 9.91. The summed E-state index contributed by atoms with van der Waals surface area (Å²) in [5, 5.41) is 4.93. The molecule has 32 heavy (non-hydrogen) atoms. The number of pyridine rings is 1. The van der Waals surface area contributed by atoms with Crippen LogP contribution in [0.2, 0.25) is 0 Å². The molecule has 0 fully saturated rings. The Bertz CT molecular complexity index is 1550. The highest BCUT2D eigenvalue weighted by atomic mass is 14.7. The Morgan fingerprint density at radius 3 is 1.88 bits per heavy atom. The number of fused-ring (bicyclic) bond motifs is 3. The number of hydrogen-bond donors (Lipinski definition) is 0. The third-order valence-electron chi connectivity index (χ3n) is 6.13. The smallest absolute Gasteiger partial charge is 0.0780 e. The molecule has 6 aromatic rings. The van der Waals surface area contributed by atoms with Gasteiger partial charge in [0.25, 0.3) is 0 Å².